The van der Waals surface area contributed by atoms with Gasteiger partial charge in [-0.1, -0.05) is 26.0 Å². The van der Waals surface area contributed by atoms with Gasteiger partial charge >= 0.3 is 0 Å². The first kappa shape index (κ1) is 30.9. The van der Waals surface area contributed by atoms with Crippen LogP contribution in [0.5, 0.6) is 0 Å². The van der Waals surface area contributed by atoms with E-state index in [9.17, 15) is 29.7 Å². The number of fused-ring (bicyclic) bond motifs is 9. The van der Waals surface area contributed by atoms with Gasteiger partial charge in [0.05, 0.1) is 58.9 Å². The number of thiophene rings is 4. The van der Waals surface area contributed by atoms with Gasteiger partial charge in [0.1, 0.15) is 12.1 Å². The Morgan fingerprint density at radius 2 is 1.16 bits per heavy atom. The highest BCUT2D eigenvalue weighted by atomic mass is 32.1. The molecule has 0 saturated heterocycles. The fourth-order valence-corrected chi connectivity index (χ4v) is 13.1. The summed E-state index contributed by atoms with van der Waals surface area (Å²) < 4.78 is 6.68. The summed E-state index contributed by atoms with van der Waals surface area (Å²) in [5.41, 5.74) is 2.26. The van der Waals surface area contributed by atoms with Crippen LogP contribution in [0.4, 0.5) is 11.4 Å². The maximum absolute atomic E-state index is 13.4. The predicted octanol–water partition coefficient (Wildman–Crippen LogP) is 10.4. The Balaban J connectivity index is 1.08. The third-order valence-electron chi connectivity index (χ3n) is 9.57. The Bertz CT molecular complexity index is 2960. The Kier molecular flexibility index (Phi) is 6.33. The van der Waals surface area contributed by atoms with Gasteiger partial charge in [-0.2, -0.15) is 10.5 Å². The van der Waals surface area contributed by atoms with Gasteiger partial charge in [0.2, 0.25) is 0 Å². The monoisotopic (exact) mass is 730 g/mol. The maximum Gasteiger partial charge on any atom is 0.197 e. The number of nitrogens with zero attached hydrogens (tertiary/aromatic N) is 4. The van der Waals surface area contributed by atoms with Crippen LogP contribution in [0.1, 0.15) is 81.7 Å². The molecule has 12 heteroatoms. The number of Topliss-reactive ketones (excluding diaryl/α,β-unsaturated/α-hetero) is 4. The molecule has 0 fully saturated rings. The second kappa shape index (κ2) is 10.4. The summed E-state index contributed by atoms with van der Waals surface area (Å²) in [7, 11) is 0. The molecule has 4 aromatic heterocycles. The lowest BCUT2D eigenvalue weighted by atomic mass is 9.81. The van der Waals surface area contributed by atoms with E-state index in [0.29, 0.717) is 0 Å². The molecule has 0 radical (unpaired) electrons. The van der Waals surface area contributed by atoms with Crippen LogP contribution in [0.2, 0.25) is 0 Å². The highest BCUT2D eigenvalue weighted by Crippen LogP contribution is 2.57. The predicted molar refractivity (Wildman–Crippen MR) is 200 cm³/mol. The van der Waals surface area contributed by atoms with Gasteiger partial charge in [0.15, 0.2) is 34.5 Å². The van der Waals surface area contributed by atoms with E-state index in [-0.39, 0.29) is 55.9 Å². The molecule has 8 nitrogen and oxygen atoms in total. The summed E-state index contributed by atoms with van der Waals surface area (Å²) in [6.07, 6.45) is 5.30. The molecule has 9 rings (SSSR count). The van der Waals surface area contributed by atoms with E-state index in [1.165, 1.54) is 40.3 Å². The molecule has 51 heavy (non-hydrogen) atoms. The number of hydrogen-bond acceptors (Lipinski definition) is 10. The number of nitriles is 2. The number of benzene rings is 2. The van der Waals surface area contributed by atoms with Crippen LogP contribution < -0.4 is 0 Å². The minimum Gasteiger partial charge on any atom is -0.288 e. The summed E-state index contributed by atoms with van der Waals surface area (Å²) in [6, 6.07) is 11.1. The largest absolute Gasteiger partial charge is 0.288 e. The van der Waals surface area contributed by atoms with E-state index >= 15 is 0 Å². The number of allylic oxidation sites excluding steroid dienone is 4. The molecule has 4 heterocycles. The molecule has 0 saturated carbocycles. The topological polar surface area (TPSA) is 125 Å². The normalized spacial score (nSPS) is 15.5. The minimum atomic E-state index is -0.522. The van der Waals surface area contributed by atoms with Gasteiger partial charge in [-0.25, -0.2) is 0 Å². The molecule has 0 atom stereocenters. The van der Waals surface area contributed by atoms with Crippen LogP contribution in [0, 0.1) is 35.8 Å². The molecule has 238 valence electrons. The molecule has 0 bridgehead atoms. The Morgan fingerprint density at radius 3 is 1.71 bits per heavy atom. The number of hydrogen-bond donors (Lipinski definition) is 0. The van der Waals surface area contributed by atoms with Crippen molar-refractivity contribution in [3.63, 3.8) is 0 Å². The minimum absolute atomic E-state index is 0.00885. The molecule has 6 aromatic rings. The summed E-state index contributed by atoms with van der Waals surface area (Å²) in [4.78, 5) is 61.8. The molecule has 0 amide bonds. The van der Waals surface area contributed by atoms with Crippen LogP contribution in [0.3, 0.4) is 0 Å². The van der Waals surface area contributed by atoms with Crippen LogP contribution >= 0.6 is 45.3 Å². The summed E-state index contributed by atoms with van der Waals surface area (Å²) in [5, 5.41) is 18.8. The van der Waals surface area contributed by atoms with E-state index in [1.54, 1.807) is 46.2 Å². The van der Waals surface area contributed by atoms with Gasteiger partial charge in [-0.05, 0) is 47.6 Å². The van der Waals surface area contributed by atoms with Gasteiger partial charge in [-0.15, -0.1) is 45.3 Å². The van der Waals surface area contributed by atoms with Gasteiger partial charge in [0, 0.05) is 42.1 Å². The lowest BCUT2D eigenvalue weighted by Gasteiger charge is -2.22. The first-order valence-electron chi connectivity index (χ1n) is 15.2. The average molecular weight is 731 g/mol. The summed E-state index contributed by atoms with van der Waals surface area (Å²) >= 11 is 6.50. The highest BCUT2D eigenvalue weighted by Gasteiger charge is 2.40. The van der Waals surface area contributed by atoms with Crippen molar-refractivity contribution in [3.05, 3.63) is 125 Å². The molecule has 0 spiro atoms. The van der Waals surface area contributed by atoms with Crippen molar-refractivity contribution in [3.8, 4) is 12.1 Å². The summed E-state index contributed by atoms with van der Waals surface area (Å²) in [5.74, 6) is -1.81. The van der Waals surface area contributed by atoms with Crippen LogP contribution in [0.15, 0.2) is 53.1 Å². The Labute approximate surface area is 304 Å². The third kappa shape index (κ3) is 4.05. The van der Waals surface area contributed by atoms with E-state index < -0.39 is 28.5 Å². The first-order valence-corrected chi connectivity index (χ1v) is 18.4. The molecule has 0 aliphatic heterocycles. The van der Waals surface area contributed by atoms with Crippen molar-refractivity contribution in [2.45, 2.75) is 19.3 Å². The third-order valence-corrected chi connectivity index (χ3v) is 14.9. The van der Waals surface area contributed by atoms with Crippen molar-refractivity contribution in [2.75, 3.05) is 0 Å². The number of carbonyl (C=O) groups excluding carboxylic acids is 4. The quantitative estimate of drug-likeness (QED) is 0.0992. The highest BCUT2D eigenvalue weighted by molar-refractivity contribution is 7.44. The van der Waals surface area contributed by atoms with Crippen molar-refractivity contribution in [2.24, 2.45) is 0 Å². The van der Waals surface area contributed by atoms with Crippen LogP contribution in [-0.2, 0) is 5.41 Å². The van der Waals surface area contributed by atoms with Crippen molar-refractivity contribution < 1.29 is 19.2 Å². The molecular formula is C39H14N4O4S4. The van der Waals surface area contributed by atoms with Crippen LogP contribution in [0.25, 0.3) is 50.0 Å². The average Bonchev–Trinajstić information content (AvgIpc) is 3.96. The second-order valence-corrected chi connectivity index (χ2v) is 16.8. The lowest BCUT2D eigenvalue weighted by Crippen LogP contribution is -2.16. The maximum atomic E-state index is 13.4. The van der Waals surface area contributed by atoms with E-state index in [2.05, 4.69) is 23.5 Å². The number of ketones is 4. The molecule has 0 N–H and O–H groups in total. The Morgan fingerprint density at radius 1 is 0.647 bits per heavy atom. The standard InChI is InChI=1S/C39H14N4O4S4/c1-39(2)17(7-23-32(46)21-11-25(42-3)26(43-4)12-22(21)33(23)47)8-27-29(39)35-37(49-27)38-36(51-35)34-28(50-38)10-18(48-34)9-24-30(44)19-5-15(13-40)16(14-41)6-20(19)31(24)45/h5-12H,1-2H3. The second-order valence-electron chi connectivity index (χ2n) is 12.6. The lowest BCUT2D eigenvalue weighted by molar-refractivity contribution is 0.0974. The SMILES string of the molecule is [C-]#[N+]c1cc2c(cc1[N+]#[C-])C(=O)C(=CC1=Cc3sc4c(sc5c6sc(C=C7C(=O)c8cc(C#N)c(C#N)cc8C7=O)cc6sc45)c3C1(C)C)C2=O. The van der Waals surface area contributed by atoms with Crippen molar-refractivity contribution in [1.82, 2.24) is 0 Å². The van der Waals surface area contributed by atoms with Crippen molar-refractivity contribution in [1.29, 1.82) is 10.5 Å². The van der Waals surface area contributed by atoms with Gasteiger partial charge in [-0.3, -0.25) is 28.9 Å². The first-order chi connectivity index (χ1) is 24.5. The zero-order valence-electron chi connectivity index (χ0n) is 26.2. The van der Waals surface area contributed by atoms with Gasteiger partial charge in [0.25, 0.3) is 0 Å². The molecule has 0 unspecified atom stereocenters. The molecular weight excluding hydrogens is 717 g/mol. The van der Waals surface area contributed by atoms with E-state index in [0.717, 1.165) is 44.4 Å². The number of carbonyl (C=O) groups is 4. The Hall–Kier alpha value is -6.12. The van der Waals surface area contributed by atoms with Crippen LogP contribution in [-0.4, -0.2) is 23.1 Å². The molecule has 3 aliphatic rings. The fraction of sp³-hybridized carbons (Fsp3) is 0.0769. The van der Waals surface area contributed by atoms with Gasteiger partial charge < -0.3 is 0 Å². The zero-order valence-corrected chi connectivity index (χ0v) is 29.4. The number of rotatable bonds is 2. The van der Waals surface area contributed by atoms with E-state index in [1.807, 2.05) is 24.3 Å². The zero-order chi connectivity index (χ0) is 35.7. The fourth-order valence-electron chi connectivity index (χ4n) is 7.00. The van der Waals surface area contributed by atoms with E-state index in [4.69, 9.17) is 13.1 Å². The summed E-state index contributed by atoms with van der Waals surface area (Å²) in [6.45, 7) is 18.9. The van der Waals surface area contributed by atoms with Crippen molar-refractivity contribution >= 4 is 120 Å². The molecule has 2 aromatic carbocycles. The smallest absolute Gasteiger partial charge is 0.197 e. The molecule has 3 aliphatic carbocycles.